The molecule has 0 saturated carbocycles. The molecule has 0 aromatic carbocycles. The molecule has 2 rings (SSSR count). The monoisotopic (exact) mass is 298 g/mol. The van der Waals surface area contributed by atoms with Gasteiger partial charge in [0.1, 0.15) is 5.60 Å². The van der Waals surface area contributed by atoms with Crippen LogP contribution in [0.2, 0.25) is 0 Å². The van der Waals surface area contributed by atoms with Crippen molar-refractivity contribution in [3.63, 3.8) is 0 Å². The van der Waals surface area contributed by atoms with Crippen molar-refractivity contribution < 1.29 is 19.4 Å². The van der Waals surface area contributed by atoms with E-state index >= 15 is 0 Å². The van der Waals surface area contributed by atoms with Gasteiger partial charge in [-0.1, -0.05) is 0 Å². The number of ether oxygens (including phenoxy) is 1. The number of likely N-dealkylation sites (tertiary alicyclic amines) is 2. The molecule has 0 radical (unpaired) electrons. The molecule has 0 bridgehead atoms. The Balaban J connectivity index is 1.96. The summed E-state index contributed by atoms with van der Waals surface area (Å²) in [5.74, 6) is -0.0114. The van der Waals surface area contributed by atoms with E-state index in [9.17, 15) is 14.7 Å². The Morgan fingerprint density at radius 2 is 1.90 bits per heavy atom. The molecule has 1 atom stereocenters. The van der Waals surface area contributed by atoms with Crippen LogP contribution in [0, 0.1) is 5.41 Å². The largest absolute Gasteiger partial charge is 0.444 e. The maximum atomic E-state index is 12.1. The van der Waals surface area contributed by atoms with E-state index in [2.05, 4.69) is 0 Å². The zero-order valence-electron chi connectivity index (χ0n) is 13.4. The average Bonchev–Trinajstić information content (AvgIpc) is 2.35. The smallest absolute Gasteiger partial charge is 0.410 e. The molecule has 1 N–H and O–H groups in total. The van der Waals surface area contributed by atoms with Crippen molar-refractivity contribution in [2.75, 3.05) is 26.7 Å². The van der Waals surface area contributed by atoms with Crippen molar-refractivity contribution in [1.29, 1.82) is 0 Å². The van der Waals surface area contributed by atoms with Crippen molar-refractivity contribution in [3.8, 4) is 0 Å². The summed E-state index contributed by atoms with van der Waals surface area (Å²) in [6, 6.07) is 0. The van der Waals surface area contributed by atoms with Gasteiger partial charge in [0.15, 0.2) is 0 Å². The highest BCUT2D eigenvalue weighted by atomic mass is 16.6. The highest BCUT2D eigenvalue weighted by Gasteiger charge is 2.47. The van der Waals surface area contributed by atoms with Crippen LogP contribution in [0.25, 0.3) is 0 Å². The van der Waals surface area contributed by atoms with Crippen LogP contribution >= 0.6 is 0 Å². The third-order valence-corrected chi connectivity index (χ3v) is 4.46. The molecule has 120 valence electrons. The van der Waals surface area contributed by atoms with Crippen LogP contribution < -0.4 is 0 Å². The molecule has 2 heterocycles. The topological polar surface area (TPSA) is 70.1 Å². The van der Waals surface area contributed by atoms with Crippen LogP contribution in [0.1, 0.15) is 40.0 Å². The van der Waals surface area contributed by atoms with E-state index in [-0.39, 0.29) is 23.8 Å². The molecule has 2 aliphatic rings. The number of amides is 2. The molecule has 21 heavy (non-hydrogen) atoms. The van der Waals surface area contributed by atoms with E-state index in [0.717, 1.165) is 0 Å². The maximum Gasteiger partial charge on any atom is 0.410 e. The number of hydrogen-bond donors (Lipinski definition) is 1. The first-order valence-electron chi connectivity index (χ1n) is 7.53. The Bertz CT molecular complexity index is 422. The Morgan fingerprint density at radius 3 is 2.43 bits per heavy atom. The Hall–Kier alpha value is -1.30. The second-order valence-electron chi connectivity index (χ2n) is 7.30. The summed E-state index contributed by atoms with van der Waals surface area (Å²) in [6.45, 7) is 7.24. The number of carbonyl (C=O) groups is 2. The molecular formula is C15H26N2O4. The summed E-state index contributed by atoms with van der Waals surface area (Å²) in [5, 5.41) is 10.3. The third-order valence-electron chi connectivity index (χ3n) is 4.46. The van der Waals surface area contributed by atoms with Gasteiger partial charge < -0.3 is 19.6 Å². The Morgan fingerprint density at radius 1 is 1.33 bits per heavy atom. The lowest BCUT2D eigenvalue weighted by Crippen LogP contribution is -2.58. The minimum atomic E-state index is -0.609. The first-order chi connectivity index (χ1) is 9.63. The highest BCUT2D eigenvalue weighted by Crippen LogP contribution is 2.40. The van der Waals surface area contributed by atoms with Gasteiger partial charge in [0, 0.05) is 32.1 Å². The fourth-order valence-electron chi connectivity index (χ4n) is 3.16. The summed E-state index contributed by atoms with van der Waals surface area (Å²) >= 11 is 0. The van der Waals surface area contributed by atoms with Crippen LogP contribution in [-0.2, 0) is 9.53 Å². The zero-order chi connectivity index (χ0) is 15.8. The number of rotatable bonds is 0. The molecule has 2 amide bonds. The van der Waals surface area contributed by atoms with Gasteiger partial charge in [-0.3, -0.25) is 4.79 Å². The van der Waals surface area contributed by atoms with Crippen LogP contribution in [0.3, 0.4) is 0 Å². The van der Waals surface area contributed by atoms with Gasteiger partial charge in [0.25, 0.3) is 0 Å². The summed E-state index contributed by atoms with van der Waals surface area (Å²) in [7, 11) is 1.77. The minimum Gasteiger partial charge on any atom is -0.444 e. The molecular weight excluding hydrogens is 272 g/mol. The summed E-state index contributed by atoms with van der Waals surface area (Å²) in [5.41, 5.74) is -0.773. The number of hydrogen-bond acceptors (Lipinski definition) is 4. The third kappa shape index (κ3) is 3.48. The maximum absolute atomic E-state index is 12.1. The molecule has 1 spiro atoms. The fourth-order valence-corrected chi connectivity index (χ4v) is 3.16. The first-order valence-corrected chi connectivity index (χ1v) is 7.53. The first kappa shape index (κ1) is 16.1. The lowest BCUT2D eigenvalue weighted by molar-refractivity contribution is -0.148. The second kappa shape index (κ2) is 5.48. The van der Waals surface area contributed by atoms with Gasteiger partial charge in [-0.15, -0.1) is 0 Å². The molecule has 2 saturated heterocycles. The summed E-state index contributed by atoms with van der Waals surface area (Å²) < 4.78 is 5.38. The van der Waals surface area contributed by atoms with Crippen LogP contribution in [0.15, 0.2) is 0 Å². The van der Waals surface area contributed by atoms with Crippen LogP contribution in [0.5, 0.6) is 0 Å². The molecule has 1 unspecified atom stereocenters. The molecule has 0 aromatic rings. The van der Waals surface area contributed by atoms with E-state index in [1.165, 1.54) is 0 Å². The molecule has 0 aliphatic carbocycles. The van der Waals surface area contributed by atoms with Gasteiger partial charge in [-0.25, -0.2) is 4.79 Å². The lowest BCUT2D eigenvalue weighted by Gasteiger charge is -2.49. The van der Waals surface area contributed by atoms with Crippen LogP contribution in [0.4, 0.5) is 4.79 Å². The lowest BCUT2D eigenvalue weighted by atomic mass is 9.70. The standard InChI is InChI=1S/C15H26N2O4/c1-14(2,3)21-13(20)17-7-5-15(6-8-17)10-16(4)12(19)9-11(15)18/h11,18H,5-10H2,1-4H3. The Kier molecular flexibility index (Phi) is 4.19. The van der Waals surface area contributed by atoms with Crippen molar-refractivity contribution in [1.82, 2.24) is 9.80 Å². The summed E-state index contributed by atoms with van der Waals surface area (Å²) in [4.78, 5) is 27.1. The molecule has 6 nitrogen and oxygen atoms in total. The van der Waals surface area contributed by atoms with Gasteiger partial charge >= 0.3 is 6.09 Å². The normalized spacial score (nSPS) is 26.1. The quantitative estimate of drug-likeness (QED) is 0.730. The number of aliphatic hydroxyl groups is 1. The van der Waals surface area contributed by atoms with E-state index in [0.29, 0.717) is 32.5 Å². The minimum absolute atomic E-state index is 0.0114. The van der Waals surface area contributed by atoms with Gasteiger partial charge in [0.2, 0.25) is 5.91 Å². The van der Waals surface area contributed by atoms with E-state index in [1.807, 2.05) is 20.8 Å². The predicted molar refractivity (Wildman–Crippen MR) is 77.7 cm³/mol. The van der Waals surface area contributed by atoms with Crippen molar-refractivity contribution in [3.05, 3.63) is 0 Å². The van der Waals surface area contributed by atoms with E-state index in [4.69, 9.17) is 4.74 Å². The van der Waals surface area contributed by atoms with Crippen molar-refractivity contribution >= 4 is 12.0 Å². The van der Waals surface area contributed by atoms with Crippen LogP contribution in [-0.4, -0.2) is 65.3 Å². The Labute approximate surface area is 126 Å². The van der Waals surface area contributed by atoms with Gasteiger partial charge in [-0.2, -0.15) is 0 Å². The van der Waals surface area contributed by atoms with Crippen molar-refractivity contribution in [2.45, 2.75) is 51.7 Å². The molecule has 0 aromatic heterocycles. The predicted octanol–water partition coefficient (Wildman–Crippen LogP) is 1.23. The number of aliphatic hydroxyl groups excluding tert-OH is 1. The number of carbonyl (C=O) groups excluding carboxylic acids is 2. The second-order valence-corrected chi connectivity index (χ2v) is 7.30. The molecule has 2 aliphatic heterocycles. The highest BCUT2D eigenvalue weighted by molar-refractivity contribution is 5.77. The van der Waals surface area contributed by atoms with E-state index in [1.54, 1.807) is 16.8 Å². The van der Waals surface area contributed by atoms with Gasteiger partial charge in [-0.05, 0) is 33.6 Å². The number of piperidine rings is 2. The van der Waals surface area contributed by atoms with E-state index < -0.39 is 11.7 Å². The number of nitrogens with zero attached hydrogens (tertiary/aromatic N) is 2. The molecule has 2 fully saturated rings. The summed E-state index contributed by atoms with van der Waals surface area (Å²) in [6.07, 6.45) is 0.674. The zero-order valence-corrected chi connectivity index (χ0v) is 13.4. The average molecular weight is 298 g/mol. The SMILES string of the molecule is CN1CC2(CCN(C(=O)OC(C)(C)C)CC2)C(O)CC1=O. The molecule has 6 heteroatoms. The van der Waals surface area contributed by atoms with Crippen molar-refractivity contribution in [2.24, 2.45) is 5.41 Å². The fraction of sp³-hybridized carbons (Fsp3) is 0.867. The van der Waals surface area contributed by atoms with Gasteiger partial charge in [0.05, 0.1) is 12.5 Å².